The second kappa shape index (κ2) is 14.6. The van der Waals surface area contributed by atoms with E-state index in [2.05, 4.69) is 30.9 Å². The van der Waals surface area contributed by atoms with Crippen molar-refractivity contribution in [3.05, 3.63) is 90.1 Å². The third kappa shape index (κ3) is 8.51. The lowest BCUT2D eigenvalue weighted by Crippen LogP contribution is -2.58. The highest BCUT2D eigenvalue weighted by Crippen LogP contribution is 2.19. The number of aromatic nitrogens is 3. The number of benzene rings is 2. The van der Waals surface area contributed by atoms with Crippen molar-refractivity contribution in [1.82, 2.24) is 30.9 Å². The molecule has 14 nitrogen and oxygen atoms in total. The number of nitrogens with zero attached hydrogens (tertiary/aromatic N) is 1. The number of carboxylic acids is 2. The minimum Gasteiger partial charge on any atom is -0.481 e. The Hall–Kier alpha value is -5.50. The maximum atomic E-state index is 13.6. The summed E-state index contributed by atoms with van der Waals surface area (Å²) in [5, 5.41) is 27.4. The van der Waals surface area contributed by atoms with Gasteiger partial charge >= 0.3 is 11.9 Å². The largest absolute Gasteiger partial charge is 0.481 e. The monoisotopic (exact) mass is 603 g/mol. The van der Waals surface area contributed by atoms with Crippen LogP contribution < -0.4 is 21.7 Å². The van der Waals surface area contributed by atoms with E-state index in [4.69, 9.17) is 10.8 Å². The van der Waals surface area contributed by atoms with Crippen molar-refractivity contribution in [3.8, 4) is 0 Å². The highest BCUT2D eigenvalue weighted by atomic mass is 16.4. The number of hydrogen-bond donors (Lipinski definition) is 8. The van der Waals surface area contributed by atoms with Crippen molar-refractivity contribution >= 4 is 40.6 Å². The summed E-state index contributed by atoms with van der Waals surface area (Å²) in [5.74, 6) is -4.94. The van der Waals surface area contributed by atoms with E-state index in [0.29, 0.717) is 16.8 Å². The predicted octanol–water partition coefficient (Wildman–Crippen LogP) is 0.260. The Morgan fingerprint density at radius 3 is 2.07 bits per heavy atom. The number of aromatic amines is 2. The molecule has 2 heterocycles. The summed E-state index contributed by atoms with van der Waals surface area (Å²) >= 11 is 0. The molecule has 2 aromatic heterocycles. The molecule has 44 heavy (non-hydrogen) atoms. The van der Waals surface area contributed by atoms with Crippen molar-refractivity contribution in [2.75, 3.05) is 0 Å². The smallest absolute Gasteiger partial charge is 0.326 e. The molecule has 2 aromatic carbocycles. The lowest BCUT2D eigenvalue weighted by Gasteiger charge is -2.25. The van der Waals surface area contributed by atoms with Crippen molar-refractivity contribution in [2.24, 2.45) is 5.73 Å². The Labute approximate surface area is 251 Å². The summed E-state index contributed by atoms with van der Waals surface area (Å²) in [5.41, 5.74) is 8.38. The van der Waals surface area contributed by atoms with Gasteiger partial charge in [-0.25, -0.2) is 9.78 Å². The van der Waals surface area contributed by atoms with Crippen LogP contribution in [0.4, 0.5) is 0 Å². The minimum absolute atomic E-state index is 0.00885. The fourth-order valence-corrected chi connectivity index (χ4v) is 4.71. The number of nitrogens with one attached hydrogen (secondary N) is 5. The van der Waals surface area contributed by atoms with Crippen LogP contribution in [0.1, 0.15) is 23.2 Å². The minimum atomic E-state index is -1.41. The molecule has 0 fully saturated rings. The second-order valence-corrected chi connectivity index (χ2v) is 10.3. The molecule has 0 bridgehead atoms. The molecule has 0 aliphatic carbocycles. The molecule has 0 radical (unpaired) electrons. The lowest BCUT2D eigenvalue weighted by atomic mass is 10.0. The molecule has 4 rings (SSSR count). The van der Waals surface area contributed by atoms with Crippen LogP contribution in [0.5, 0.6) is 0 Å². The Bertz CT molecular complexity index is 1600. The van der Waals surface area contributed by atoms with Gasteiger partial charge in [0.15, 0.2) is 0 Å². The molecule has 9 N–H and O–H groups in total. The van der Waals surface area contributed by atoms with E-state index in [-0.39, 0.29) is 19.3 Å². The van der Waals surface area contributed by atoms with Crippen LogP contribution in [0, 0.1) is 0 Å². The van der Waals surface area contributed by atoms with Gasteiger partial charge in [-0.15, -0.1) is 0 Å². The summed E-state index contributed by atoms with van der Waals surface area (Å²) in [7, 11) is 0. The quantitative estimate of drug-likeness (QED) is 0.0929. The van der Waals surface area contributed by atoms with Crippen LogP contribution in [-0.2, 0) is 43.2 Å². The van der Waals surface area contributed by atoms with Gasteiger partial charge in [0.05, 0.1) is 18.8 Å². The number of imidazole rings is 1. The van der Waals surface area contributed by atoms with Crippen LogP contribution in [0.2, 0.25) is 0 Å². The number of para-hydroxylation sites is 1. The van der Waals surface area contributed by atoms with Gasteiger partial charge in [0, 0.05) is 48.3 Å². The van der Waals surface area contributed by atoms with E-state index in [0.717, 1.165) is 10.9 Å². The first kappa shape index (κ1) is 31.4. The number of aliphatic carboxylic acids is 2. The van der Waals surface area contributed by atoms with E-state index >= 15 is 0 Å². The number of amides is 3. The number of rotatable bonds is 15. The predicted molar refractivity (Wildman–Crippen MR) is 158 cm³/mol. The summed E-state index contributed by atoms with van der Waals surface area (Å²) in [6, 6.07) is 10.9. The van der Waals surface area contributed by atoms with Gasteiger partial charge in [0.2, 0.25) is 17.7 Å². The molecule has 0 saturated carbocycles. The first-order chi connectivity index (χ1) is 21.1. The summed E-state index contributed by atoms with van der Waals surface area (Å²) in [4.78, 5) is 73.0. The zero-order chi connectivity index (χ0) is 31.6. The van der Waals surface area contributed by atoms with Gasteiger partial charge in [-0.1, -0.05) is 48.5 Å². The fraction of sp³-hybridized carbons (Fsp3) is 0.267. The maximum Gasteiger partial charge on any atom is 0.326 e. The average molecular weight is 604 g/mol. The number of hydrogen-bond acceptors (Lipinski definition) is 7. The SMILES string of the molecule is NC(CC(=O)O)C(=O)NC(Cc1ccccc1)C(=O)NC(Cc1cnc[nH]1)C(=O)NC(Cc1c[nH]c2ccccc12)C(=O)O. The van der Waals surface area contributed by atoms with Gasteiger partial charge < -0.3 is 41.9 Å². The van der Waals surface area contributed by atoms with Crippen LogP contribution in [0.15, 0.2) is 73.3 Å². The number of carbonyl (C=O) groups is 5. The van der Waals surface area contributed by atoms with Crippen molar-refractivity contribution in [1.29, 1.82) is 0 Å². The molecule has 14 heteroatoms. The van der Waals surface area contributed by atoms with Crippen molar-refractivity contribution < 1.29 is 34.2 Å². The van der Waals surface area contributed by atoms with E-state index in [1.807, 2.05) is 24.3 Å². The van der Waals surface area contributed by atoms with Gasteiger partial charge in [-0.05, 0) is 17.2 Å². The summed E-state index contributed by atoms with van der Waals surface area (Å²) < 4.78 is 0. The third-order valence-electron chi connectivity index (χ3n) is 6.97. The normalized spacial score (nSPS) is 13.8. The lowest BCUT2D eigenvalue weighted by molar-refractivity contribution is -0.142. The molecule has 0 aliphatic rings. The van der Waals surface area contributed by atoms with Gasteiger partial charge in [0.25, 0.3) is 0 Å². The molecule has 3 amide bonds. The zero-order valence-electron chi connectivity index (χ0n) is 23.5. The molecule has 0 spiro atoms. The zero-order valence-corrected chi connectivity index (χ0v) is 23.5. The van der Waals surface area contributed by atoms with Gasteiger partial charge in [-0.2, -0.15) is 0 Å². The summed E-state index contributed by atoms with van der Waals surface area (Å²) in [6.07, 6.45) is 3.80. The van der Waals surface area contributed by atoms with Crippen LogP contribution in [0.25, 0.3) is 10.9 Å². The number of carbonyl (C=O) groups excluding carboxylic acids is 3. The van der Waals surface area contributed by atoms with Crippen molar-refractivity contribution in [2.45, 2.75) is 49.9 Å². The first-order valence-electron chi connectivity index (χ1n) is 13.8. The highest BCUT2D eigenvalue weighted by Gasteiger charge is 2.31. The molecular weight excluding hydrogens is 570 g/mol. The Kier molecular flexibility index (Phi) is 10.4. The number of fused-ring (bicyclic) bond motifs is 1. The highest BCUT2D eigenvalue weighted by molar-refractivity contribution is 5.95. The van der Waals surface area contributed by atoms with Gasteiger partial charge in [0.1, 0.15) is 18.1 Å². The number of H-pyrrole nitrogens is 2. The van der Waals surface area contributed by atoms with E-state index in [9.17, 15) is 29.1 Å². The van der Waals surface area contributed by atoms with Crippen LogP contribution in [0.3, 0.4) is 0 Å². The van der Waals surface area contributed by atoms with Gasteiger partial charge in [-0.3, -0.25) is 19.2 Å². The van der Waals surface area contributed by atoms with Crippen LogP contribution in [-0.4, -0.2) is 79.0 Å². The van der Waals surface area contributed by atoms with E-state index in [1.54, 1.807) is 36.5 Å². The molecule has 0 saturated heterocycles. The summed E-state index contributed by atoms with van der Waals surface area (Å²) in [6.45, 7) is 0. The topological polar surface area (TPSA) is 232 Å². The first-order valence-corrected chi connectivity index (χ1v) is 13.8. The standard InChI is InChI=1S/C30H33N7O7/c31-21(13-26(38)39)27(40)35-23(10-17-6-2-1-3-7-17)28(41)36-24(12-19-15-32-16-34-19)29(42)37-25(30(43)44)11-18-14-33-22-9-5-4-8-20(18)22/h1-9,14-16,21,23-25,33H,10-13,31H2,(H,32,34)(H,35,40)(H,36,41)(H,37,42)(H,38,39)(H,43,44). The molecule has 230 valence electrons. The molecule has 4 aromatic rings. The Morgan fingerprint density at radius 2 is 1.41 bits per heavy atom. The van der Waals surface area contributed by atoms with Crippen LogP contribution >= 0.6 is 0 Å². The Balaban J connectivity index is 1.54. The molecule has 0 aliphatic heterocycles. The molecule has 4 atom stereocenters. The second-order valence-electron chi connectivity index (χ2n) is 10.3. The number of carboxylic acid groups (broad SMARTS) is 2. The fourth-order valence-electron chi connectivity index (χ4n) is 4.71. The Morgan fingerprint density at radius 1 is 0.773 bits per heavy atom. The van der Waals surface area contributed by atoms with Crippen molar-refractivity contribution in [3.63, 3.8) is 0 Å². The molecular formula is C30H33N7O7. The number of nitrogens with two attached hydrogens (primary N) is 1. The average Bonchev–Trinajstić information content (AvgIpc) is 3.66. The van der Waals surface area contributed by atoms with E-state index < -0.39 is 60.2 Å². The van der Waals surface area contributed by atoms with E-state index in [1.165, 1.54) is 12.5 Å². The molecule has 4 unspecified atom stereocenters. The third-order valence-corrected chi connectivity index (χ3v) is 6.97. The maximum absolute atomic E-state index is 13.6.